The molecule has 0 bridgehead atoms. The zero-order chi connectivity index (χ0) is 15.2. The highest BCUT2D eigenvalue weighted by Crippen LogP contribution is 2.14. The number of ether oxygens (including phenoxy) is 1. The van der Waals surface area contributed by atoms with Gasteiger partial charge in [0, 0.05) is 14.8 Å². The molecule has 1 amide bonds. The summed E-state index contributed by atoms with van der Waals surface area (Å²) in [6.07, 6.45) is 0. The van der Waals surface area contributed by atoms with Crippen LogP contribution in [0.3, 0.4) is 0 Å². The smallest absolute Gasteiger partial charge is 0.262 e. The minimum atomic E-state index is -0.213. The van der Waals surface area contributed by atoms with E-state index in [0.29, 0.717) is 10.7 Å². The van der Waals surface area contributed by atoms with Crippen molar-refractivity contribution in [1.29, 1.82) is 0 Å². The van der Waals surface area contributed by atoms with Crippen molar-refractivity contribution in [1.82, 2.24) is 0 Å². The molecule has 0 saturated heterocycles. The molecular weight excluding hydrogens is 399 g/mol. The predicted molar refractivity (Wildman–Crippen MR) is 95.6 cm³/mol. The maximum Gasteiger partial charge on any atom is 0.262 e. The van der Waals surface area contributed by atoms with Gasteiger partial charge in [-0.15, -0.1) is 0 Å². The predicted octanol–water partition coefficient (Wildman–Crippen LogP) is 2.94. The van der Waals surface area contributed by atoms with Crippen LogP contribution in [0.5, 0.6) is 5.75 Å². The van der Waals surface area contributed by atoms with Gasteiger partial charge in [0.15, 0.2) is 6.61 Å². The molecule has 21 heavy (non-hydrogen) atoms. The highest BCUT2D eigenvalue weighted by Gasteiger charge is 2.04. The van der Waals surface area contributed by atoms with Crippen molar-refractivity contribution in [3.05, 3.63) is 57.7 Å². The van der Waals surface area contributed by atoms with Gasteiger partial charge in [-0.3, -0.25) is 4.79 Å². The molecule has 0 aliphatic rings. The summed E-state index contributed by atoms with van der Waals surface area (Å²) >= 11 is 7.05. The van der Waals surface area contributed by atoms with Crippen LogP contribution in [-0.2, 0) is 4.79 Å². The zero-order valence-corrected chi connectivity index (χ0v) is 14.0. The number of carbonyl (C=O) groups is 1. The number of carbonyl (C=O) groups excluding carboxylic acids is 1. The average molecular weight is 412 g/mol. The fourth-order valence-electron chi connectivity index (χ4n) is 1.63. The van der Waals surface area contributed by atoms with E-state index in [1.54, 1.807) is 24.3 Å². The summed E-state index contributed by atoms with van der Waals surface area (Å²) in [6.45, 7) is -0.0576. The Kier molecular flexibility index (Phi) is 5.51. The minimum absolute atomic E-state index is 0.0576. The Morgan fingerprint density at radius 1 is 1.24 bits per heavy atom. The van der Waals surface area contributed by atoms with Crippen LogP contribution < -0.4 is 15.8 Å². The average Bonchev–Trinajstić information content (AvgIpc) is 2.45. The number of nitrogens with one attached hydrogen (secondary N) is 1. The summed E-state index contributed by atoms with van der Waals surface area (Å²) in [6, 6.07) is 14.5. The largest absolute Gasteiger partial charge is 0.484 e. The van der Waals surface area contributed by atoms with Gasteiger partial charge in [0.1, 0.15) is 10.7 Å². The van der Waals surface area contributed by atoms with Crippen LogP contribution in [0.25, 0.3) is 0 Å². The van der Waals surface area contributed by atoms with Crippen LogP contribution in [0, 0.1) is 3.57 Å². The highest BCUT2D eigenvalue weighted by atomic mass is 127. The summed E-state index contributed by atoms with van der Waals surface area (Å²) in [4.78, 5) is 12.1. The van der Waals surface area contributed by atoms with E-state index in [1.807, 2.05) is 24.3 Å². The molecule has 3 N–H and O–H groups in total. The number of nitrogens with two attached hydrogens (primary N) is 1. The third-order valence-electron chi connectivity index (χ3n) is 2.62. The Labute approximate surface area is 141 Å². The maximum absolute atomic E-state index is 11.8. The lowest BCUT2D eigenvalue weighted by molar-refractivity contribution is -0.118. The molecule has 108 valence electrons. The first kappa shape index (κ1) is 15.7. The van der Waals surface area contributed by atoms with Crippen molar-refractivity contribution in [3.63, 3.8) is 0 Å². The summed E-state index contributed by atoms with van der Waals surface area (Å²) in [7, 11) is 0. The van der Waals surface area contributed by atoms with E-state index >= 15 is 0 Å². The van der Waals surface area contributed by atoms with Crippen molar-refractivity contribution in [3.8, 4) is 5.75 Å². The van der Waals surface area contributed by atoms with Gasteiger partial charge in [0.2, 0.25) is 0 Å². The Bertz CT molecular complexity index is 659. The highest BCUT2D eigenvalue weighted by molar-refractivity contribution is 14.1. The normalized spacial score (nSPS) is 9.95. The summed E-state index contributed by atoms with van der Waals surface area (Å²) in [5.41, 5.74) is 7.02. The molecule has 0 saturated carbocycles. The van der Waals surface area contributed by atoms with E-state index in [4.69, 9.17) is 22.7 Å². The lowest BCUT2D eigenvalue weighted by atomic mass is 10.2. The summed E-state index contributed by atoms with van der Waals surface area (Å²) in [5.74, 6) is 0.378. The Morgan fingerprint density at radius 2 is 1.95 bits per heavy atom. The van der Waals surface area contributed by atoms with Crippen LogP contribution in [0.2, 0.25) is 0 Å². The van der Waals surface area contributed by atoms with Crippen molar-refractivity contribution in [2.75, 3.05) is 11.9 Å². The third-order valence-corrected chi connectivity index (χ3v) is 3.52. The number of hydrogen-bond donors (Lipinski definition) is 2. The number of halogens is 1. The summed E-state index contributed by atoms with van der Waals surface area (Å²) < 4.78 is 6.46. The van der Waals surface area contributed by atoms with Crippen LogP contribution in [0.1, 0.15) is 5.56 Å². The summed E-state index contributed by atoms with van der Waals surface area (Å²) in [5, 5.41) is 2.77. The second-order valence-electron chi connectivity index (χ2n) is 4.24. The standard InChI is InChI=1S/C15H13IN2O2S/c16-11-2-1-3-12(8-11)18-14(19)9-20-13-6-4-10(5-7-13)15(17)21/h1-8H,9H2,(H2,17,21)(H,18,19). The number of benzene rings is 2. The Morgan fingerprint density at radius 3 is 2.57 bits per heavy atom. The fraction of sp³-hybridized carbons (Fsp3) is 0.0667. The number of anilines is 1. The Hall–Kier alpha value is -1.67. The van der Waals surface area contributed by atoms with E-state index < -0.39 is 0 Å². The van der Waals surface area contributed by atoms with Crippen molar-refractivity contribution >= 4 is 51.4 Å². The number of thiocarbonyl (C=S) groups is 1. The van der Waals surface area contributed by atoms with Gasteiger partial charge in [0.05, 0.1) is 0 Å². The lowest BCUT2D eigenvalue weighted by Crippen LogP contribution is -2.20. The molecule has 0 heterocycles. The van der Waals surface area contributed by atoms with Gasteiger partial charge in [-0.1, -0.05) is 18.3 Å². The van der Waals surface area contributed by atoms with E-state index in [0.717, 1.165) is 14.8 Å². The van der Waals surface area contributed by atoms with Crippen molar-refractivity contribution in [2.45, 2.75) is 0 Å². The number of rotatable bonds is 5. The molecule has 0 aliphatic carbocycles. The maximum atomic E-state index is 11.8. The molecule has 4 nitrogen and oxygen atoms in total. The molecule has 0 unspecified atom stereocenters. The SMILES string of the molecule is NC(=S)c1ccc(OCC(=O)Nc2cccc(I)c2)cc1. The molecule has 6 heteroatoms. The monoisotopic (exact) mass is 412 g/mol. The molecular formula is C15H13IN2O2S. The van der Waals surface area contributed by atoms with Crippen LogP contribution >= 0.6 is 34.8 Å². The fourth-order valence-corrected chi connectivity index (χ4v) is 2.31. The first-order valence-electron chi connectivity index (χ1n) is 6.12. The quantitative estimate of drug-likeness (QED) is 0.586. The minimum Gasteiger partial charge on any atom is -0.484 e. The number of hydrogen-bond acceptors (Lipinski definition) is 3. The van der Waals surface area contributed by atoms with E-state index in [-0.39, 0.29) is 12.5 Å². The lowest BCUT2D eigenvalue weighted by Gasteiger charge is -2.08. The molecule has 0 atom stereocenters. The van der Waals surface area contributed by atoms with Gasteiger partial charge in [-0.25, -0.2) is 0 Å². The van der Waals surface area contributed by atoms with Crippen LogP contribution in [-0.4, -0.2) is 17.5 Å². The van der Waals surface area contributed by atoms with Crippen LogP contribution in [0.4, 0.5) is 5.69 Å². The van der Waals surface area contributed by atoms with Crippen molar-refractivity contribution < 1.29 is 9.53 Å². The second-order valence-corrected chi connectivity index (χ2v) is 5.92. The topological polar surface area (TPSA) is 64.3 Å². The van der Waals surface area contributed by atoms with Gasteiger partial charge in [0.25, 0.3) is 5.91 Å². The van der Waals surface area contributed by atoms with E-state index in [9.17, 15) is 4.79 Å². The second kappa shape index (κ2) is 7.37. The number of amides is 1. The molecule has 0 spiro atoms. The van der Waals surface area contributed by atoms with E-state index in [2.05, 4.69) is 27.9 Å². The molecule has 0 fully saturated rings. The van der Waals surface area contributed by atoms with E-state index in [1.165, 1.54) is 0 Å². The van der Waals surface area contributed by atoms with Gasteiger partial charge < -0.3 is 15.8 Å². The molecule has 2 aromatic rings. The molecule has 0 aliphatic heterocycles. The van der Waals surface area contributed by atoms with Gasteiger partial charge in [-0.05, 0) is 65.1 Å². The molecule has 2 aromatic carbocycles. The van der Waals surface area contributed by atoms with Crippen LogP contribution in [0.15, 0.2) is 48.5 Å². The zero-order valence-electron chi connectivity index (χ0n) is 11.0. The molecule has 2 rings (SSSR count). The molecule has 0 aromatic heterocycles. The van der Waals surface area contributed by atoms with Gasteiger partial charge in [-0.2, -0.15) is 0 Å². The first-order valence-corrected chi connectivity index (χ1v) is 7.61. The first-order chi connectivity index (χ1) is 10.0. The van der Waals surface area contributed by atoms with Gasteiger partial charge >= 0.3 is 0 Å². The third kappa shape index (κ3) is 4.98. The molecule has 0 radical (unpaired) electrons. The Balaban J connectivity index is 1.87. The van der Waals surface area contributed by atoms with Crippen molar-refractivity contribution in [2.24, 2.45) is 5.73 Å².